The number of hydrogen-bond acceptors (Lipinski definition) is 5. The number of carbonyl (C=O) groups excluding carboxylic acids is 1. The number of amides is 1. The highest BCUT2D eigenvalue weighted by molar-refractivity contribution is 6.04. The number of aromatic nitrogens is 4. The number of nitro benzene ring substituents is 1. The molecular formula is C18H18N6O3. The van der Waals surface area contributed by atoms with E-state index in [0.29, 0.717) is 11.5 Å². The van der Waals surface area contributed by atoms with E-state index < -0.39 is 10.8 Å². The number of nitrogens with zero attached hydrogens (tertiary/aromatic N) is 5. The summed E-state index contributed by atoms with van der Waals surface area (Å²) in [6, 6.07) is 6.41. The SMILES string of the molecule is O=C(Nc1ccnn1C1CCCC1)c1ccc(-n2ccnc2)c([N+](=O)[O-])c1. The van der Waals surface area contributed by atoms with Gasteiger partial charge in [0.2, 0.25) is 0 Å². The van der Waals surface area contributed by atoms with Crippen molar-refractivity contribution in [3.63, 3.8) is 0 Å². The lowest BCUT2D eigenvalue weighted by atomic mass is 10.1. The van der Waals surface area contributed by atoms with Gasteiger partial charge in [-0.25, -0.2) is 9.67 Å². The van der Waals surface area contributed by atoms with E-state index in [1.165, 1.54) is 23.2 Å². The van der Waals surface area contributed by atoms with Gasteiger partial charge in [0, 0.05) is 30.1 Å². The number of anilines is 1. The van der Waals surface area contributed by atoms with Crippen molar-refractivity contribution in [3.05, 3.63) is 64.9 Å². The van der Waals surface area contributed by atoms with Crippen molar-refractivity contribution in [1.82, 2.24) is 19.3 Å². The molecule has 1 amide bonds. The molecule has 1 fully saturated rings. The average molecular weight is 366 g/mol. The van der Waals surface area contributed by atoms with Gasteiger partial charge in [-0.2, -0.15) is 5.10 Å². The first-order valence-corrected chi connectivity index (χ1v) is 8.75. The first kappa shape index (κ1) is 17.0. The highest BCUT2D eigenvalue weighted by Gasteiger charge is 2.22. The third-order valence-electron chi connectivity index (χ3n) is 4.80. The van der Waals surface area contributed by atoms with Gasteiger partial charge in [-0.15, -0.1) is 0 Å². The van der Waals surface area contributed by atoms with Crippen molar-refractivity contribution < 1.29 is 9.72 Å². The summed E-state index contributed by atoms with van der Waals surface area (Å²) in [4.78, 5) is 27.5. The first-order chi connectivity index (χ1) is 13.1. The minimum absolute atomic E-state index is 0.162. The van der Waals surface area contributed by atoms with Gasteiger partial charge in [0.25, 0.3) is 11.6 Å². The molecule has 0 radical (unpaired) electrons. The van der Waals surface area contributed by atoms with Gasteiger partial charge in [-0.3, -0.25) is 14.9 Å². The van der Waals surface area contributed by atoms with E-state index in [0.717, 1.165) is 25.7 Å². The van der Waals surface area contributed by atoms with Crippen molar-refractivity contribution in [1.29, 1.82) is 0 Å². The van der Waals surface area contributed by atoms with E-state index in [2.05, 4.69) is 15.4 Å². The Morgan fingerprint density at radius 1 is 1.22 bits per heavy atom. The summed E-state index contributed by atoms with van der Waals surface area (Å²) < 4.78 is 3.37. The Bertz CT molecular complexity index is 973. The predicted molar refractivity (Wildman–Crippen MR) is 97.9 cm³/mol. The summed E-state index contributed by atoms with van der Waals surface area (Å²) in [5.74, 6) is 0.197. The Kier molecular flexibility index (Phi) is 4.41. The number of rotatable bonds is 5. The van der Waals surface area contributed by atoms with E-state index >= 15 is 0 Å². The fraction of sp³-hybridized carbons (Fsp3) is 0.278. The quantitative estimate of drug-likeness (QED) is 0.550. The van der Waals surface area contributed by atoms with Crippen LogP contribution in [0.1, 0.15) is 42.1 Å². The molecule has 0 bridgehead atoms. The standard InChI is InChI=1S/C18H18N6O3/c25-18(21-17-7-8-20-23(17)14-3-1-2-4-14)13-5-6-15(16(11-13)24(26)27)22-10-9-19-12-22/h5-12,14H,1-4H2,(H,21,25). The van der Waals surface area contributed by atoms with Crippen LogP contribution in [0.2, 0.25) is 0 Å². The molecule has 1 aliphatic carbocycles. The molecule has 1 N–H and O–H groups in total. The van der Waals surface area contributed by atoms with Gasteiger partial charge in [-0.1, -0.05) is 12.8 Å². The molecule has 4 rings (SSSR count). The summed E-state index contributed by atoms with van der Waals surface area (Å²) in [7, 11) is 0. The van der Waals surface area contributed by atoms with Gasteiger partial charge in [-0.05, 0) is 25.0 Å². The highest BCUT2D eigenvalue weighted by Crippen LogP contribution is 2.31. The molecule has 1 saturated carbocycles. The minimum atomic E-state index is -0.505. The predicted octanol–water partition coefficient (Wildman–Crippen LogP) is 3.34. The van der Waals surface area contributed by atoms with Crippen LogP contribution in [-0.2, 0) is 0 Å². The largest absolute Gasteiger partial charge is 0.307 e. The third-order valence-corrected chi connectivity index (χ3v) is 4.80. The second-order valence-electron chi connectivity index (χ2n) is 6.48. The number of imidazole rings is 1. The lowest BCUT2D eigenvalue weighted by Crippen LogP contribution is -2.18. The summed E-state index contributed by atoms with van der Waals surface area (Å²) in [6.45, 7) is 0. The molecule has 0 atom stereocenters. The maximum atomic E-state index is 12.7. The summed E-state index contributed by atoms with van der Waals surface area (Å²) in [6.07, 6.45) is 10.7. The van der Waals surface area contributed by atoms with Crippen LogP contribution in [-0.4, -0.2) is 30.2 Å². The number of nitro groups is 1. The fourth-order valence-electron chi connectivity index (χ4n) is 3.47. The van der Waals surface area contributed by atoms with Crippen LogP contribution < -0.4 is 5.32 Å². The Balaban J connectivity index is 1.60. The highest BCUT2D eigenvalue weighted by atomic mass is 16.6. The van der Waals surface area contributed by atoms with Gasteiger partial charge in [0.05, 0.1) is 23.5 Å². The van der Waals surface area contributed by atoms with Crippen molar-refractivity contribution in [2.24, 2.45) is 0 Å². The molecule has 0 unspecified atom stereocenters. The Hall–Kier alpha value is -3.49. The molecule has 1 aliphatic rings. The maximum Gasteiger partial charge on any atom is 0.294 e. The molecule has 2 aromatic heterocycles. The third kappa shape index (κ3) is 3.31. The molecule has 9 heteroatoms. The van der Waals surface area contributed by atoms with Gasteiger partial charge in [0.1, 0.15) is 11.5 Å². The summed E-state index contributed by atoms with van der Waals surface area (Å²) in [5.41, 5.74) is 0.403. The fourth-order valence-corrected chi connectivity index (χ4v) is 3.47. The lowest BCUT2D eigenvalue weighted by molar-refractivity contribution is -0.384. The van der Waals surface area contributed by atoms with Crippen molar-refractivity contribution in [2.45, 2.75) is 31.7 Å². The summed E-state index contributed by atoms with van der Waals surface area (Å²) in [5, 5.41) is 18.6. The number of benzene rings is 1. The number of hydrogen-bond donors (Lipinski definition) is 1. The number of carbonyl (C=O) groups is 1. The minimum Gasteiger partial charge on any atom is -0.307 e. The van der Waals surface area contributed by atoms with Gasteiger partial charge in [0.15, 0.2) is 0 Å². The molecule has 2 heterocycles. The second-order valence-corrected chi connectivity index (χ2v) is 6.48. The zero-order valence-electron chi connectivity index (χ0n) is 14.5. The zero-order chi connectivity index (χ0) is 18.8. The molecular weight excluding hydrogens is 348 g/mol. The smallest absolute Gasteiger partial charge is 0.294 e. The Morgan fingerprint density at radius 2 is 2.04 bits per heavy atom. The van der Waals surface area contributed by atoms with Crippen molar-refractivity contribution in [3.8, 4) is 5.69 Å². The topological polar surface area (TPSA) is 108 Å². The lowest BCUT2D eigenvalue weighted by Gasteiger charge is -2.14. The van der Waals surface area contributed by atoms with Gasteiger partial charge < -0.3 is 9.88 Å². The van der Waals surface area contributed by atoms with E-state index in [-0.39, 0.29) is 17.3 Å². The van der Waals surface area contributed by atoms with Crippen molar-refractivity contribution >= 4 is 17.4 Å². The molecule has 0 saturated heterocycles. The Morgan fingerprint density at radius 3 is 2.74 bits per heavy atom. The molecule has 9 nitrogen and oxygen atoms in total. The van der Waals surface area contributed by atoms with Crippen LogP contribution in [0.5, 0.6) is 0 Å². The van der Waals surface area contributed by atoms with Crippen LogP contribution >= 0.6 is 0 Å². The molecule has 3 aromatic rings. The maximum absolute atomic E-state index is 12.7. The monoisotopic (exact) mass is 366 g/mol. The first-order valence-electron chi connectivity index (χ1n) is 8.75. The van der Waals surface area contributed by atoms with Gasteiger partial charge >= 0.3 is 0 Å². The molecule has 0 spiro atoms. The van der Waals surface area contributed by atoms with Crippen LogP contribution in [0.4, 0.5) is 11.5 Å². The van der Waals surface area contributed by atoms with Crippen LogP contribution in [0.15, 0.2) is 49.2 Å². The van der Waals surface area contributed by atoms with Crippen LogP contribution in [0.3, 0.4) is 0 Å². The molecule has 138 valence electrons. The normalized spacial score (nSPS) is 14.4. The van der Waals surface area contributed by atoms with E-state index in [9.17, 15) is 14.9 Å². The van der Waals surface area contributed by atoms with E-state index in [1.807, 2.05) is 4.68 Å². The van der Waals surface area contributed by atoms with Crippen molar-refractivity contribution in [2.75, 3.05) is 5.32 Å². The number of nitrogens with one attached hydrogen (secondary N) is 1. The van der Waals surface area contributed by atoms with E-state index in [1.54, 1.807) is 30.6 Å². The van der Waals surface area contributed by atoms with Crippen LogP contribution in [0.25, 0.3) is 5.69 Å². The molecule has 0 aliphatic heterocycles. The van der Waals surface area contributed by atoms with E-state index in [4.69, 9.17) is 0 Å². The molecule has 1 aromatic carbocycles. The Labute approximate surface area is 154 Å². The zero-order valence-corrected chi connectivity index (χ0v) is 14.5. The second kappa shape index (κ2) is 7.02. The summed E-state index contributed by atoms with van der Waals surface area (Å²) >= 11 is 0. The average Bonchev–Trinajstić information content (AvgIpc) is 3.42. The van der Waals surface area contributed by atoms with Crippen LogP contribution in [0, 0.1) is 10.1 Å². The molecule has 27 heavy (non-hydrogen) atoms.